The number of Topliss-reactive ketones (excluding diaryl/α,β-unsaturated/α-hetero) is 1. The summed E-state index contributed by atoms with van der Waals surface area (Å²) in [5.74, 6) is 1.42. The van der Waals surface area contributed by atoms with Gasteiger partial charge in [-0.05, 0) is 68.4 Å². The molecule has 0 aromatic heterocycles. The number of ketones is 1. The van der Waals surface area contributed by atoms with Gasteiger partial charge in [-0.25, -0.2) is 0 Å². The lowest BCUT2D eigenvalue weighted by Gasteiger charge is -2.10. The van der Waals surface area contributed by atoms with Crippen LogP contribution in [-0.4, -0.2) is 17.0 Å². The number of fused-ring (bicyclic) bond motifs is 1. The van der Waals surface area contributed by atoms with E-state index >= 15 is 0 Å². The smallest absolute Gasteiger partial charge is 0.162 e. The van der Waals surface area contributed by atoms with E-state index in [-0.39, 0.29) is 5.78 Å². The highest BCUT2D eigenvalue weighted by atomic mass is 16.3. The third kappa shape index (κ3) is 3.78. The Balaban J connectivity index is 2.23. The van der Waals surface area contributed by atoms with Gasteiger partial charge < -0.3 is 5.11 Å². The summed E-state index contributed by atoms with van der Waals surface area (Å²) < 4.78 is 0. The third-order valence-corrected chi connectivity index (χ3v) is 5.68. The molecule has 0 aromatic carbocycles. The van der Waals surface area contributed by atoms with Gasteiger partial charge in [0, 0.05) is 6.42 Å². The van der Waals surface area contributed by atoms with E-state index in [4.69, 9.17) is 0 Å². The molecule has 122 valence electrons. The van der Waals surface area contributed by atoms with Crippen molar-refractivity contribution in [3.05, 3.63) is 34.9 Å². The highest BCUT2D eigenvalue weighted by Gasteiger charge is 2.55. The molecule has 2 aliphatic rings. The van der Waals surface area contributed by atoms with Gasteiger partial charge in [0.05, 0.1) is 6.10 Å². The summed E-state index contributed by atoms with van der Waals surface area (Å²) >= 11 is 0. The van der Waals surface area contributed by atoms with Crippen molar-refractivity contribution in [1.82, 2.24) is 0 Å². The SMILES string of the molecule is C/C1=C\CC(=O)/C(C)=C/CC(O)/C(C)=C/[C@@H]2[C@H](CC1)C2(C)C. The molecule has 2 rings (SSSR count). The van der Waals surface area contributed by atoms with Gasteiger partial charge in [0.1, 0.15) is 0 Å². The first-order valence-corrected chi connectivity index (χ1v) is 8.45. The maximum Gasteiger partial charge on any atom is 0.162 e. The zero-order chi connectivity index (χ0) is 16.5. The van der Waals surface area contributed by atoms with Gasteiger partial charge in [0.25, 0.3) is 0 Å². The second kappa shape index (κ2) is 6.54. The number of carbonyl (C=O) groups excluding carboxylic acids is 1. The van der Waals surface area contributed by atoms with Crippen molar-refractivity contribution < 1.29 is 9.90 Å². The molecule has 2 heteroatoms. The van der Waals surface area contributed by atoms with Gasteiger partial charge >= 0.3 is 0 Å². The van der Waals surface area contributed by atoms with Crippen molar-refractivity contribution in [3.8, 4) is 0 Å². The summed E-state index contributed by atoms with van der Waals surface area (Å²) in [7, 11) is 0. The summed E-state index contributed by atoms with van der Waals surface area (Å²) in [6, 6.07) is 0. The van der Waals surface area contributed by atoms with Crippen LogP contribution in [0.3, 0.4) is 0 Å². The zero-order valence-corrected chi connectivity index (χ0v) is 14.6. The molecule has 0 aliphatic heterocycles. The van der Waals surface area contributed by atoms with Crippen LogP contribution in [0, 0.1) is 17.3 Å². The first kappa shape index (κ1) is 17.2. The van der Waals surface area contributed by atoms with Crippen LogP contribution in [0.1, 0.15) is 60.3 Å². The molecule has 2 nitrogen and oxygen atoms in total. The quantitative estimate of drug-likeness (QED) is 0.664. The molecular weight excluding hydrogens is 272 g/mol. The number of aliphatic hydroxyl groups excluding tert-OH is 1. The van der Waals surface area contributed by atoms with E-state index in [1.807, 2.05) is 19.9 Å². The van der Waals surface area contributed by atoms with Gasteiger partial charge in [-0.2, -0.15) is 0 Å². The molecule has 1 fully saturated rings. The Morgan fingerprint density at radius 2 is 1.86 bits per heavy atom. The van der Waals surface area contributed by atoms with E-state index in [0.29, 0.717) is 30.1 Å². The topological polar surface area (TPSA) is 37.3 Å². The predicted octanol–water partition coefficient (Wildman–Crippen LogP) is 4.60. The molecule has 0 spiro atoms. The average molecular weight is 302 g/mol. The fourth-order valence-electron chi connectivity index (χ4n) is 3.56. The van der Waals surface area contributed by atoms with Crippen LogP contribution in [0.2, 0.25) is 0 Å². The number of hydrogen-bond donors (Lipinski definition) is 1. The maximum atomic E-state index is 12.1. The normalized spacial score (nSPS) is 40.2. The molecule has 0 saturated heterocycles. The predicted molar refractivity (Wildman–Crippen MR) is 91.5 cm³/mol. The van der Waals surface area contributed by atoms with Crippen molar-refractivity contribution in [3.63, 3.8) is 0 Å². The van der Waals surface area contributed by atoms with E-state index in [0.717, 1.165) is 17.6 Å². The lowest BCUT2D eigenvalue weighted by molar-refractivity contribution is -0.114. The molecule has 0 radical (unpaired) electrons. The number of allylic oxidation sites excluding steroid dienone is 4. The molecule has 0 aromatic rings. The number of rotatable bonds is 0. The number of carbonyl (C=O) groups is 1. The lowest BCUT2D eigenvalue weighted by atomic mass is 10.00. The molecule has 2 aliphatic carbocycles. The summed E-state index contributed by atoms with van der Waals surface area (Å²) in [6.45, 7) is 10.6. The second-order valence-corrected chi connectivity index (χ2v) is 7.72. The summed E-state index contributed by atoms with van der Waals surface area (Å²) in [5, 5.41) is 10.3. The van der Waals surface area contributed by atoms with Gasteiger partial charge in [0.2, 0.25) is 0 Å². The van der Waals surface area contributed by atoms with Crippen LogP contribution in [0.15, 0.2) is 34.9 Å². The molecular formula is C20H30O2. The van der Waals surface area contributed by atoms with Crippen molar-refractivity contribution in [1.29, 1.82) is 0 Å². The Morgan fingerprint density at radius 3 is 2.55 bits per heavy atom. The van der Waals surface area contributed by atoms with E-state index in [1.54, 1.807) is 0 Å². The highest BCUT2D eigenvalue weighted by molar-refractivity contribution is 5.95. The minimum absolute atomic E-state index is 0.162. The van der Waals surface area contributed by atoms with Crippen LogP contribution in [-0.2, 0) is 4.79 Å². The van der Waals surface area contributed by atoms with Gasteiger partial charge in [-0.3, -0.25) is 4.79 Å². The molecule has 22 heavy (non-hydrogen) atoms. The first-order valence-electron chi connectivity index (χ1n) is 8.45. The van der Waals surface area contributed by atoms with E-state index < -0.39 is 6.10 Å². The monoisotopic (exact) mass is 302 g/mol. The van der Waals surface area contributed by atoms with Crippen LogP contribution < -0.4 is 0 Å². The van der Waals surface area contributed by atoms with Crippen LogP contribution in [0.4, 0.5) is 0 Å². The Kier molecular flexibility index (Phi) is 5.11. The lowest BCUT2D eigenvalue weighted by Crippen LogP contribution is -2.09. The summed E-state index contributed by atoms with van der Waals surface area (Å²) in [4.78, 5) is 12.1. The second-order valence-electron chi connectivity index (χ2n) is 7.72. The fourth-order valence-corrected chi connectivity index (χ4v) is 3.56. The van der Waals surface area contributed by atoms with E-state index in [9.17, 15) is 9.90 Å². The molecule has 1 unspecified atom stereocenters. The average Bonchev–Trinajstić information content (AvgIpc) is 2.98. The Bertz CT molecular complexity index is 534. The summed E-state index contributed by atoms with van der Waals surface area (Å²) in [5.41, 5.74) is 3.46. The molecule has 0 bridgehead atoms. The number of hydrogen-bond acceptors (Lipinski definition) is 2. The fraction of sp³-hybridized carbons (Fsp3) is 0.650. The van der Waals surface area contributed by atoms with Crippen molar-refractivity contribution >= 4 is 5.78 Å². The van der Waals surface area contributed by atoms with Crippen molar-refractivity contribution in [2.75, 3.05) is 0 Å². The van der Waals surface area contributed by atoms with Crippen molar-refractivity contribution in [2.24, 2.45) is 17.3 Å². The minimum atomic E-state index is -0.472. The van der Waals surface area contributed by atoms with Crippen LogP contribution in [0.5, 0.6) is 0 Å². The Morgan fingerprint density at radius 1 is 1.18 bits per heavy atom. The maximum absolute atomic E-state index is 12.1. The van der Waals surface area contributed by atoms with E-state index in [2.05, 4.69) is 32.9 Å². The molecule has 3 atom stereocenters. The van der Waals surface area contributed by atoms with Crippen molar-refractivity contribution in [2.45, 2.75) is 66.4 Å². The first-order chi connectivity index (χ1) is 10.2. The molecule has 0 heterocycles. The largest absolute Gasteiger partial charge is 0.388 e. The van der Waals surface area contributed by atoms with Gasteiger partial charge in [-0.1, -0.05) is 37.6 Å². The van der Waals surface area contributed by atoms with Crippen LogP contribution >= 0.6 is 0 Å². The highest BCUT2D eigenvalue weighted by Crippen LogP contribution is 2.61. The number of aliphatic hydroxyl groups is 1. The molecule has 1 N–H and O–H groups in total. The Labute approximate surface area is 135 Å². The molecule has 0 amide bonds. The minimum Gasteiger partial charge on any atom is -0.388 e. The van der Waals surface area contributed by atoms with E-state index in [1.165, 1.54) is 12.0 Å². The molecule has 1 saturated carbocycles. The van der Waals surface area contributed by atoms with Crippen LogP contribution in [0.25, 0.3) is 0 Å². The third-order valence-electron chi connectivity index (χ3n) is 5.68. The van der Waals surface area contributed by atoms with Gasteiger partial charge in [-0.15, -0.1) is 0 Å². The standard InChI is InChI=1S/C20H30O2/c1-13-6-9-16-17(20(16,4)5)12-15(3)19(22)11-8-14(2)18(21)10-7-13/h7-8,12,16-17,19,22H,6,9-11H2,1-5H3/b13-7+,14-8+,15-12+/t16-,17+,19?/m0/s1. The van der Waals surface area contributed by atoms with Gasteiger partial charge in [0.15, 0.2) is 5.78 Å². The summed E-state index contributed by atoms with van der Waals surface area (Å²) in [6.07, 6.45) is 9.00. The zero-order valence-electron chi connectivity index (χ0n) is 14.6. The Hall–Kier alpha value is -1.15.